The third-order valence-corrected chi connectivity index (χ3v) is 2.99. The van der Waals surface area contributed by atoms with E-state index < -0.39 is 0 Å². The summed E-state index contributed by atoms with van der Waals surface area (Å²) in [5.74, 6) is 0.918. The summed E-state index contributed by atoms with van der Waals surface area (Å²) in [6, 6.07) is 0. The number of nitrogens with one attached hydrogen (secondary N) is 1. The molecule has 0 amide bonds. The van der Waals surface area contributed by atoms with E-state index in [0.717, 1.165) is 19.1 Å². The maximum atomic E-state index is 5.56. The predicted octanol–water partition coefficient (Wildman–Crippen LogP) is 1.82. The van der Waals surface area contributed by atoms with Crippen molar-refractivity contribution in [2.24, 2.45) is 5.92 Å². The number of hydrogen-bond acceptors (Lipinski definition) is 3. The molecule has 1 fully saturated rings. The lowest BCUT2D eigenvalue weighted by molar-refractivity contribution is 0.0106. The fourth-order valence-electron chi connectivity index (χ4n) is 2.14. The molecule has 1 N–H and O–H groups in total. The van der Waals surface area contributed by atoms with E-state index in [0.29, 0.717) is 6.61 Å². The van der Waals surface area contributed by atoms with Gasteiger partial charge in [0.05, 0.1) is 19.3 Å². The van der Waals surface area contributed by atoms with Crippen molar-refractivity contribution in [3.63, 3.8) is 0 Å². The summed E-state index contributed by atoms with van der Waals surface area (Å²) in [5, 5.41) is 3.46. The molecule has 0 radical (unpaired) electrons. The monoisotopic (exact) mass is 215 g/mol. The standard InChI is InChI=1S/C12H25NO2/c1-11(10-14-2)15-8-7-13-9-12-5-3-4-6-12/h11-13H,3-10H2,1-2H3. The molecule has 3 heteroatoms. The molecule has 0 heterocycles. The zero-order chi connectivity index (χ0) is 10.9. The van der Waals surface area contributed by atoms with Gasteiger partial charge in [0.25, 0.3) is 0 Å². The van der Waals surface area contributed by atoms with Crippen molar-refractivity contribution in [1.29, 1.82) is 0 Å². The molecule has 1 atom stereocenters. The molecule has 1 aliphatic rings. The second-order valence-electron chi connectivity index (χ2n) is 4.49. The van der Waals surface area contributed by atoms with Crippen LogP contribution >= 0.6 is 0 Å². The molecule has 1 rings (SSSR count). The highest BCUT2D eigenvalue weighted by molar-refractivity contribution is 4.69. The van der Waals surface area contributed by atoms with Gasteiger partial charge >= 0.3 is 0 Å². The van der Waals surface area contributed by atoms with Crippen LogP contribution in [0.2, 0.25) is 0 Å². The first kappa shape index (κ1) is 12.9. The summed E-state index contributed by atoms with van der Waals surface area (Å²) in [6.45, 7) is 5.65. The quantitative estimate of drug-likeness (QED) is 0.626. The molecule has 1 aliphatic carbocycles. The van der Waals surface area contributed by atoms with Gasteiger partial charge < -0.3 is 14.8 Å². The molecule has 0 aromatic carbocycles. The summed E-state index contributed by atoms with van der Waals surface area (Å²) < 4.78 is 10.6. The Morgan fingerprint density at radius 3 is 2.73 bits per heavy atom. The van der Waals surface area contributed by atoms with E-state index >= 15 is 0 Å². The van der Waals surface area contributed by atoms with Crippen LogP contribution in [0.25, 0.3) is 0 Å². The summed E-state index contributed by atoms with van der Waals surface area (Å²) in [5.41, 5.74) is 0. The normalized spacial score (nSPS) is 19.6. The Balaban J connectivity index is 1.84. The van der Waals surface area contributed by atoms with Crippen molar-refractivity contribution in [3.05, 3.63) is 0 Å². The van der Waals surface area contributed by atoms with E-state index in [1.165, 1.54) is 32.2 Å². The second-order valence-corrected chi connectivity index (χ2v) is 4.49. The van der Waals surface area contributed by atoms with Crippen LogP contribution in [0.5, 0.6) is 0 Å². The van der Waals surface area contributed by atoms with Crippen molar-refractivity contribution in [2.45, 2.75) is 38.7 Å². The van der Waals surface area contributed by atoms with E-state index in [2.05, 4.69) is 5.32 Å². The molecule has 3 nitrogen and oxygen atoms in total. The van der Waals surface area contributed by atoms with Crippen LogP contribution in [-0.4, -0.2) is 39.5 Å². The third kappa shape index (κ3) is 6.13. The van der Waals surface area contributed by atoms with Gasteiger partial charge in [-0.15, -0.1) is 0 Å². The molecule has 0 bridgehead atoms. The van der Waals surface area contributed by atoms with Gasteiger partial charge in [0.15, 0.2) is 0 Å². The zero-order valence-electron chi connectivity index (χ0n) is 10.1. The lowest BCUT2D eigenvalue weighted by Crippen LogP contribution is -2.27. The van der Waals surface area contributed by atoms with Gasteiger partial charge in [-0.25, -0.2) is 0 Å². The van der Waals surface area contributed by atoms with Gasteiger partial charge in [0, 0.05) is 13.7 Å². The smallest absolute Gasteiger partial charge is 0.0780 e. The van der Waals surface area contributed by atoms with Crippen molar-refractivity contribution in [2.75, 3.05) is 33.4 Å². The van der Waals surface area contributed by atoms with Gasteiger partial charge in [0.2, 0.25) is 0 Å². The SMILES string of the molecule is COCC(C)OCCNCC1CCCC1. The predicted molar refractivity (Wildman–Crippen MR) is 62.1 cm³/mol. The Morgan fingerprint density at radius 1 is 1.33 bits per heavy atom. The summed E-state index contributed by atoms with van der Waals surface area (Å²) in [6.07, 6.45) is 5.88. The van der Waals surface area contributed by atoms with Crippen molar-refractivity contribution in [3.8, 4) is 0 Å². The van der Waals surface area contributed by atoms with Gasteiger partial charge in [-0.1, -0.05) is 12.8 Å². The molecule has 15 heavy (non-hydrogen) atoms. The molecule has 0 spiro atoms. The Kier molecular flexibility index (Phi) is 6.98. The minimum absolute atomic E-state index is 0.211. The molecular formula is C12H25NO2. The Bertz CT molecular complexity index is 147. The van der Waals surface area contributed by atoms with E-state index in [4.69, 9.17) is 9.47 Å². The lowest BCUT2D eigenvalue weighted by atomic mass is 10.1. The van der Waals surface area contributed by atoms with Crippen molar-refractivity contribution in [1.82, 2.24) is 5.32 Å². The molecule has 0 aromatic heterocycles. The van der Waals surface area contributed by atoms with Crippen LogP contribution in [0.15, 0.2) is 0 Å². The van der Waals surface area contributed by atoms with Crippen LogP contribution in [0.1, 0.15) is 32.6 Å². The van der Waals surface area contributed by atoms with Crippen LogP contribution in [0.3, 0.4) is 0 Å². The summed E-state index contributed by atoms with van der Waals surface area (Å²) in [4.78, 5) is 0. The topological polar surface area (TPSA) is 30.5 Å². The first-order valence-corrected chi connectivity index (χ1v) is 6.14. The Morgan fingerprint density at radius 2 is 2.07 bits per heavy atom. The van der Waals surface area contributed by atoms with Crippen LogP contribution in [0, 0.1) is 5.92 Å². The minimum Gasteiger partial charge on any atom is -0.382 e. The summed E-state index contributed by atoms with van der Waals surface area (Å²) in [7, 11) is 1.71. The van der Waals surface area contributed by atoms with Crippen LogP contribution in [-0.2, 0) is 9.47 Å². The molecule has 1 unspecified atom stereocenters. The minimum atomic E-state index is 0.211. The van der Waals surface area contributed by atoms with E-state index in [-0.39, 0.29) is 6.10 Å². The van der Waals surface area contributed by atoms with Gasteiger partial charge in [-0.3, -0.25) is 0 Å². The highest BCUT2D eigenvalue weighted by Gasteiger charge is 2.13. The van der Waals surface area contributed by atoms with E-state index in [9.17, 15) is 0 Å². The second kappa shape index (κ2) is 8.08. The average molecular weight is 215 g/mol. The Hall–Kier alpha value is -0.120. The molecule has 1 saturated carbocycles. The zero-order valence-corrected chi connectivity index (χ0v) is 10.1. The van der Waals surface area contributed by atoms with E-state index in [1.54, 1.807) is 7.11 Å². The van der Waals surface area contributed by atoms with Gasteiger partial charge in [-0.05, 0) is 32.2 Å². The first-order chi connectivity index (χ1) is 7.33. The first-order valence-electron chi connectivity index (χ1n) is 6.14. The molecular weight excluding hydrogens is 190 g/mol. The van der Waals surface area contributed by atoms with Gasteiger partial charge in [-0.2, -0.15) is 0 Å². The maximum absolute atomic E-state index is 5.56. The number of methoxy groups -OCH3 is 1. The maximum Gasteiger partial charge on any atom is 0.0780 e. The van der Waals surface area contributed by atoms with Crippen molar-refractivity contribution >= 4 is 0 Å². The molecule has 0 saturated heterocycles. The van der Waals surface area contributed by atoms with E-state index in [1.807, 2.05) is 6.92 Å². The number of rotatable bonds is 8. The fourth-order valence-corrected chi connectivity index (χ4v) is 2.14. The van der Waals surface area contributed by atoms with Crippen molar-refractivity contribution < 1.29 is 9.47 Å². The molecule has 90 valence electrons. The number of ether oxygens (including phenoxy) is 2. The van der Waals surface area contributed by atoms with Gasteiger partial charge in [0.1, 0.15) is 0 Å². The largest absolute Gasteiger partial charge is 0.382 e. The molecule has 0 aliphatic heterocycles. The summed E-state index contributed by atoms with van der Waals surface area (Å²) >= 11 is 0. The fraction of sp³-hybridized carbons (Fsp3) is 1.00. The third-order valence-electron chi connectivity index (χ3n) is 2.99. The number of hydrogen-bond donors (Lipinski definition) is 1. The Labute approximate surface area is 93.5 Å². The lowest BCUT2D eigenvalue weighted by Gasteiger charge is -2.13. The highest BCUT2D eigenvalue weighted by atomic mass is 16.5. The van der Waals surface area contributed by atoms with Crippen LogP contribution in [0.4, 0.5) is 0 Å². The molecule has 0 aromatic rings. The average Bonchev–Trinajstić information content (AvgIpc) is 2.70. The highest BCUT2D eigenvalue weighted by Crippen LogP contribution is 2.23. The van der Waals surface area contributed by atoms with Crippen LogP contribution < -0.4 is 5.32 Å².